The first-order valence-corrected chi connectivity index (χ1v) is 7.15. The van der Waals surface area contributed by atoms with E-state index < -0.39 is 0 Å². The quantitative estimate of drug-likeness (QED) is 0.796. The van der Waals surface area contributed by atoms with Crippen LogP contribution in [0.1, 0.15) is 18.9 Å². The smallest absolute Gasteiger partial charge is 0.265 e. The molecule has 0 radical (unpaired) electrons. The number of aliphatic hydroxyl groups is 1. The predicted octanol–water partition coefficient (Wildman–Crippen LogP) is 0.439. The second-order valence-electron chi connectivity index (χ2n) is 4.89. The van der Waals surface area contributed by atoms with Crippen LogP contribution in [0.2, 0.25) is 0 Å². The van der Waals surface area contributed by atoms with E-state index in [1.807, 2.05) is 6.92 Å². The zero-order chi connectivity index (χ0) is 16.1. The highest BCUT2D eigenvalue weighted by Gasteiger charge is 2.30. The molecule has 0 bridgehead atoms. The van der Waals surface area contributed by atoms with Crippen molar-refractivity contribution in [3.8, 4) is 11.5 Å². The zero-order valence-electron chi connectivity index (χ0n) is 12.7. The van der Waals surface area contributed by atoms with Crippen molar-refractivity contribution >= 4 is 17.5 Å². The molecule has 1 aromatic rings. The molecular weight excluding hydrogens is 288 g/mol. The number of amides is 2. The third kappa shape index (κ3) is 3.30. The molecular formula is C15H20N2O5. The lowest BCUT2D eigenvalue weighted by atomic mass is 10.1. The normalized spacial score (nSPS) is 13.4. The van der Waals surface area contributed by atoms with Crippen LogP contribution in [0, 0.1) is 0 Å². The second kappa shape index (κ2) is 7.13. The van der Waals surface area contributed by atoms with Gasteiger partial charge in [-0.2, -0.15) is 0 Å². The summed E-state index contributed by atoms with van der Waals surface area (Å²) in [7, 11) is 1.51. The molecule has 0 atom stereocenters. The maximum atomic E-state index is 12.1. The van der Waals surface area contributed by atoms with E-state index in [0.29, 0.717) is 29.4 Å². The summed E-state index contributed by atoms with van der Waals surface area (Å²) in [5.41, 5.74) is 1.03. The molecule has 0 aliphatic carbocycles. The number of ether oxygens (including phenoxy) is 2. The molecule has 0 unspecified atom stereocenters. The largest absolute Gasteiger partial charge is 0.490 e. The highest BCUT2D eigenvalue weighted by atomic mass is 16.5. The molecule has 1 heterocycles. The minimum atomic E-state index is -0.312. The number of anilines is 1. The number of nitrogens with zero attached hydrogens (tertiary/aromatic N) is 1. The summed E-state index contributed by atoms with van der Waals surface area (Å²) in [5.74, 6) is 0.297. The predicted molar refractivity (Wildman–Crippen MR) is 80.1 cm³/mol. The van der Waals surface area contributed by atoms with Gasteiger partial charge in [-0.15, -0.1) is 0 Å². The summed E-state index contributed by atoms with van der Waals surface area (Å²) in [6, 6.07) is 3.32. The Labute approximate surface area is 128 Å². The number of hydrogen-bond acceptors (Lipinski definition) is 5. The van der Waals surface area contributed by atoms with E-state index in [1.54, 1.807) is 12.1 Å². The maximum Gasteiger partial charge on any atom is 0.265 e. The van der Waals surface area contributed by atoms with Gasteiger partial charge in [0.25, 0.3) is 5.91 Å². The van der Waals surface area contributed by atoms with Crippen LogP contribution in [0.3, 0.4) is 0 Å². The monoisotopic (exact) mass is 308 g/mol. The van der Waals surface area contributed by atoms with Crippen LogP contribution in [0.15, 0.2) is 12.1 Å². The number of carbonyl (C=O) groups is 2. The number of fused-ring (bicyclic) bond motifs is 1. The Bertz CT molecular complexity index is 573. The first kappa shape index (κ1) is 16.1. The van der Waals surface area contributed by atoms with Gasteiger partial charge in [0.05, 0.1) is 18.9 Å². The van der Waals surface area contributed by atoms with Crippen molar-refractivity contribution in [3.63, 3.8) is 0 Å². The molecule has 0 saturated heterocycles. The van der Waals surface area contributed by atoms with Crippen LogP contribution in [0.4, 0.5) is 5.69 Å². The SMILES string of the molecule is CCCOc1cc(CO)cc2c1OCC(=O)N2CC(=O)NC. The first-order valence-electron chi connectivity index (χ1n) is 7.15. The van der Waals surface area contributed by atoms with Crippen LogP contribution < -0.4 is 19.7 Å². The topological polar surface area (TPSA) is 88.1 Å². The van der Waals surface area contributed by atoms with Crippen LogP contribution in [0.25, 0.3) is 0 Å². The average Bonchev–Trinajstić information content (AvgIpc) is 2.54. The number of carbonyl (C=O) groups excluding carboxylic acids is 2. The number of likely N-dealkylation sites (N-methyl/N-ethyl adjacent to an activating group) is 1. The van der Waals surface area contributed by atoms with Crippen molar-refractivity contribution in [3.05, 3.63) is 17.7 Å². The maximum absolute atomic E-state index is 12.1. The molecule has 22 heavy (non-hydrogen) atoms. The Hall–Kier alpha value is -2.28. The number of benzene rings is 1. The molecule has 7 heteroatoms. The fourth-order valence-electron chi connectivity index (χ4n) is 2.14. The highest BCUT2D eigenvalue weighted by molar-refractivity contribution is 6.02. The van der Waals surface area contributed by atoms with Crippen molar-refractivity contribution in [2.75, 3.05) is 31.7 Å². The molecule has 2 rings (SSSR count). The van der Waals surface area contributed by atoms with Gasteiger partial charge >= 0.3 is 0 Å². The summed E-state index contributed by atoms with van der Waals surface area (Å²) in [6.07, 6.45) is 0.818. The second-order valence-corrected chi connectivity index (χ2v) is 4.89. The van der Waals surface area contributed by atoms with Gasteiger partial charge in [-0.3, -0.25) is 14.5 Å². The van der Waals surface area contributed by atoms with Gasteiger partial charge in [-0.05, 0) is 24.1 Å². The van der Waals surface area contributed by atoms with Gasteiger partial charge in [0.1, 0.15) is 6.54 Å². The lowest BCUT2D eigenvalue weighted by Gasteiger charge is -2.30. The Morgan fingerprint density at radius 2 is 2.27 bits per heavy atom. The summed E-state index contributed by atoms with van der Waals surface area (Å²) in [5, 5.41) is 11.9. The fourth-order valence-corrected chi connectivity index (χ4v) is 2.14. The molecule has 0 fully saturated rings. The fraction of sp³-hybridized carbons (Fsp3) is 0.467. The van der Waals surface area contributed by atoms with E-state index in [1.165, 1.54) is 11.9 Å². The average molecular weight is 308 g/mol. The molecule has 7 nitrogen and oxygen atoms in total. The molecule has 120 valence electrons. The van der Waals surface area contributed by atoms with Crippen molar-refractivity contribution in [2.45, 2.75) is 20.0 Å². The number of aliphatic hydroxyl groups excluding tert-OH is 1. The van der Waals surface area contributed by atoms with Crippen molar-refractivity contribution in [2.24, 2.45) is 0 Å². The standard InChI is InChI=1S/C15H20N2O5/c1-3-4-21-12-6-10(8-18)5-11-15(12)22-9-14(20)17(11)7-13(19)16-2/h5-6,18H,3-4,7-9H2,1-2H3,(H,16,19). The van der Waals surface area contributed by atoms with Crippen molar-refractivity contribution in [1.29, 1.82) is 0 Å². The highest BCUT2D eigenvalue weighted by Crippen LogP contribution is 2.41. The summed E-state index contributed by atoms with van der Waals surface area (Å²) < 4.78 is 11.1. The van der Waals surface area contributed by atoms with Crippen molar-refractivity contribution < 1.29 is 24.2 Å². The summed E-state index contributed by atoms with van der Waals surface area (Å²) >= 11 is 0. The molecule has 1 aliphatic heterocycles. The van der Waals surface area contributed by atoms with Crippen LogP contribution in [-0.4, -0.2) is 43.7 Å². The number of rotatable bonds is 6. The first-order chi connectivity index (χ1) is 10.6. The van der Waals surface area contributed by atoms with Gasteiger partial charge in [0.2, 0.25) is 5.91 Å². The van der Waals surface area contributed by atoms with E-state index in [0.717, 1.165) is 6.42 Å². The zero-order valence-corrected chi connectivity index (χ0v) is 12.7. The lowest BCUT2D eigenvalue weighted by molar-refractivity contribution is -0.125. The third-order valence-electron chi connectivity index (χ3n) is 3.25. The molecule has 1 aliphatic rings. The lowest BCUT2D eigenvalue weighted by Crippen LogP contribution is -2.44. The Morgan fingerprint density at radius 3 is 2.91 bits per heavy atom. The van der Waals surface area contributed by atoms with Crippen molar-refractivity contribution in [1.82, 2.24) is 5.32 Å². The van der Waals surface area contributed by atoms with E-state index in [2.05, 4.69) is 5.32 Å². The van der Waals surface area contributed by atoms with Crippen LogP contribution in [0.5, 0.6) is 11.5 Å². The van der Waals surface area contributed by atoms with Gasteiger partial charge < -0.3 is 19.9 Å². The van der Waals surface area contributed by atoms with E-state index in [4.69, 9.17) is 9.47 Å². The van der Waals surface area contributed by atoms with E-state index >= 15 is 0 Å². The minimum absolute atomic E-state index is 0.103. The minimum Gasteiger partial charge on any atom is -0.490 e. The molecule has 1 aromatic carbocycles. The number of nitrogens with one attached hydrogen (secondary N) is 1. The van der Waals surface area contributed by atoms with Crippen LogP contribution in [-0.2, 0) is 16.2 Å². The summed E-state index contributed by atoms with van der Waals surface area (Å²) in [4.78, 5) is 25.0. The molecule has 0 aromatic heterocycles. The van der Waals surface area contributed by atoms with Gasteiger partial charge in [-0.1, -0.05) is 6.92 Å². The third-order valence-corrected chi connectivity index (χ3v) is 3.25. The Morgan fingerprint density at radius 1 is 1.50 bits per heavy atom. The van der Waals surface area contributed by atoms with Gasteiger partial charge in [0, 0.05) is 7.05 Å². The molecule has 0 spiro atoms. The molecule has 2 amide bonds. The molecule has 0 saturated carbocycles. The number of hydrogen-bond donors (Lipinski definition) is 2. The molecule has 2 N–H and O–H groups in total. The Balaban J connectivity index is 2.43. The van der Waals surface area contributed by atoms with Gasteiger partial charge in [0.15, 0.2) is 18.1 Å². The van der Waals surface area contributed by atoms with Crippen LogP contribution >= 0.6 is 0 Å². The van der Waals surface area contributed by atoms with E-state index in [9.17, 15) is 14.7 Å². The van der Waals surface area contributed by atoms with E-state index in [-0.39, 0.29) is 31.6 Å². The summed E-state index contributed by atoms with van der Waals surface area (Å²) in [6.45, 7) is 2.02. The van der Waals surface area contributed by atoms with Gasteiger partial charge in [-0.25, -0.2) is 0 Å². The Kier molecular flexibility index (Phi) is 5.21.